The van der Waals surface area contributed by atoms with Crippen LogP contribution >= 0.6 is 0 Å². The van der Waals surface area contributed by atoms with E-state index in [0.29, 0.717) is 18.7 Å². The summed E-state index contributed by atoms with van der Waals surface area (Å²) in [5.74, 6) is 0.575. The minimum Gasteiger partial charge on any atom is -0.497 e. The summed E-state index contributed by atoms with van der Waals surface area (Å²) in [6.45, 7) is 4.55. The number of aryl methyl sites for hydroxylation is 1. The number of ether oxygens (including phenoxy) is 1. The Morgan fingerprint density at radius 1 is 1.07 bits per heavy atom. The number of hydrogen-bond donors (Lipinski definition) is 2. The average Bonchev–Trinajstić information content (AvgIpc) is 3.16. The van der Waals surface area contributed by atoms with Gasteiger partial charge in [0, 0.05) is 17.9 Å². The minimum atomic E-state index is -0.469. The zero-order valence-electron chi connectivity index (χ0n) is 15.9. The van der Waals surface area contributed by atoms with Gasteiger partial charge in [0.1, 0.15) is 11.8 Å². The highest BCUT2D eigenvalue weighted by Crippen LogP contribution is 2.23. The molecular formula is C21H25N3O3. The number of hydrogen-bond acceptors (Lipinski definition) is 3. The summed E-state index contributed by atoms with van der Waals surface area (Å²) < 4.78 is 5.12. The van der Waals surface area contributed by atoms with Crippen molar-refractivity contribution in [2.45, 2.75) is 32.7 Å². The summed E-state index contributed by atoms with van der Waals surface area (Å²) in [5, 5.41) is 5.84. The van der Waals surface area contributed by atoms with Gasteiger partial charge in [0.2, 0.25) is 5.91 Å². The Morgan fingerprint density at radius 3 is 2.52 bits per heavy atom. The highest BCUT2D eigenvalue weighted by molar-refractivity contribution is 6.00. The number of carbonyl (C=O) groups is 2. The van der Waals surface area contributed by atoms with Crippen LogP contribution in [0.1, 0.15) is 24.0 Å². The second-order valence-electron chi connectivity index (χ2n) is 6.75. The second-order valence-corrected chi connectivity index (χ2v) is 6.75. The van der Waals surface area contributed by atoms with Crippen LogP contribution in [-0.2, 0) is 4.79 Å². The first-order chi connectivity index (χ1) is 13.0. The van der Waals surface area contributed by atoms with Crippen LogP contribution in [-0.4, -0.2) is 36.5 Å². The lowest BCUT2D eigenvalue weighted by Crippen LogP contribution is -2.45. The summed E-state index contributed by atoms with van der Waals surface area (Å²) in [7, 11) is 1.59. The number of methoxy groups -OCH3 is 1. The maximum atomic E-state index is 12.8. The number of amides is 3. The summed E-state index contributed by atoms with van der Waals surface area (Å²) in [6, 6.07) is 12.2. The number of benzene rings is 2. The van der Waals surface area contributed by atoms with Crippen LogP contribution in [0, 0.1) is 13.8 Å². The first-order valence-electron chi connectivity index (χ1n) is 9.08. The number of nitrogens with one attached hydrogen (secondary N) is 2. The van der Waals surface area contributed by atoms with Gasteiger partial charge in [-0.1, -0.05) is 12.1 Å². The summed E-state index contributed by atoms with van der Waals surface area (Å²) in [4.78, 5) is 27.0. The molecule has 1 saturated heterocycles. The molecule has 142 valence electrons. The fourth-order valence-electron chi connectivity index (χ4n) is 3.25. The maximum Gasteiger partial charge on any atom is 0.322 e. The lowest BCUT2D eigenvalue weighted by Gasteiger charge is -2.24. The normalized spacial score (nSPS) is 16.1. The molecule has 2 N–H and O–H groups in total. The van der Waals surface area contributed by atoms with Gasteiger partial charge in [0.25, 0.3) is 0 Å². The Bertz CT molecular complexity index is 833. The highest BCUT2D eigenvalue weighted by atomic mass is 16.5. The number of rotatable bonds is 4. The van der Waals surface area contributed by atoms with E-state index in [0.717, 1.165) is 29.0 Å². The molecule has 1 aliphatic rings. The molecule has 0 bridgehead atoms. The van der Waals surface area contributed by atoms with Gasteiger partial charge < -0.3 is 20.3 Å². The van der Waals surface area contributed by atoms with Crippen LogP contribution in [0.5, 0.6) is 5.75 Å². The number of urea groups is 1. The van der Waals surface area contributed by atoms with Crippen LogP contribution in [0.2, 0.25) is 0 Å². The lowest BCUT2D eigenvalue weighted by atomic mass is 10.1. The molecule has 3 rings (SSSR count). The Hall–Kier alpha value is -3.02. The van der Waals surface area contributed by atoms with Crippen molar-refractivity contribution in [2.24, 2.45) is 0 Å². The maximum absolute atomic E-state index is 12.8. The summed E-state index contributed by atoms with van der Waals surface area (Å²) in [5.41, 5.74) is 3.62. The van der Waals surface area contributed by atoms with E-state index >= 15 is 0 Å². The molecule has 0 radical (unpaired) electrons. The first-order valence-corrected chi connectivity index (χ1v) is 9.08. The molecule has 2 aromatic rings. The molecule has 0 spiro atoms. The molecule has 1 atom stereocenters. The Kier molecular flexibility index (Phi) is 5.64. The van der Waals surface area contributed by atoms with Gasteiger partial charge in [0.05, 0.1) is 7.11 Å². The first kappa shape index (κ1) is 18.8. The summed E-state index contributed by atoms with van der Waals surface area (Å²) in [6.07, 6.45) is 1.47. The van der Waals surface area contributed by atoms with Gasteiger partial charge in [-0.25, -0.2) is 4.79 Å². The summed E-state index contributed by atoms with van der Waals surface area (Å²) >= 11 is 0. The van der Waals surface area contributed by atoms with E-state index in [1.165, 1.54) is 0 Å². The molecule has 2 aromatic carbocycles. The molecule has 6 heteroatoms. The van der Waals surface area contributed by atoms with Crippen molar-refractivity contribution in [1.82, 2.24) is 4.90 Å². The Balaban J connectivity index is 1.67. The van der Waals surface area contributed by atoms with Gasteiger partial charge in [-0.05, 0) is 68.1 Å². The van der Waals surface area contributed by atoms with E-state index in [2.05, 4.69) is 10.6 Å². The molecular weight excluding hydrogens is 342 g/mol. The van der Waals surface area contributed by atoms with Crippen molar-refractivity contribution in [3.8, 4) is 5.75 Å². The predicted octanol–water partition coefficient (Wildman–Crippen LogP) is 3.95. The van der Waals surface area contributed by atoms with Crippen LogP contribution in [0.4, 0.5) is 16.2 Å². The predicted molar refractivity (Wildman–Crippen MR) is 106 cm³/mol. The lowest BCUT2D eigenvalue weighted by molar-refractivity contribution is -0.119. The van der Waals surface area contributed by atoms with E-state index in [1.807, 2.05) is 32.0 Å². The Morgan fingerprint density at radius 2 is 1.81 bits per heavy atom. The standard InChI is InChI=1S/C21H25N3O3/c1-14-6-4-7-18(15(14)2)23-20(25)19-8-5-13-24(19)21(26)22-16-9-11-17(27-3)12-10-16/h4,6-7,9-12,19H,5,8,13H2,1-3H3,(H,22,26)(H,23,25)/t19-/m0/s1. The minimum absolute atomic E-state index is 0.147. The quantitative estimate of drug-likeness (QED) is 0.860. The zero-order valence-corrected chi connectivity index (χ0v) is 15.9. The van der Waals surface area contributed by atoms with Gasteiger partial charge in [0.15, 0.2) is 0 Å². The van der Waals surface area contributed by atoms with Crippen LogP contribution < -0.4 is 15.4 Å². The molecule has 27 heavy (non-hydrogen) atoms. The molecule has 3 amide bonds. The molecule has 0 saturated carbocycles. The van der Waals surface area contributed by atoms with Crippen molar-refractivity contribution in [1.29, 1.82) is 0 Å². The molecule has 0 unspecified atom stereocenters. The fraction of sp³-hybridized carbons (Fsp3) is 0.333. The second kappa shape index (κ2) is 8.12. The molecule has 6 nitrogen and oxygen atoms in total. The molecule has 1 aliphatic heterocycles. The van der Waals surface area contributed by atoms with Crippen LogP contribution in [0.3, 0.4) is 0 Å². The zero-order chi connectivity index (χ0) is 19.4. The molecule has 0 aliphatic carbocycles. The van der Waals surface area contributed by atoms with Gasteiger partial charge in [-0.3, -0.25) is 4.79 Å². The molecule has 1 heterocycles. The number of anilines is 2. The van der Waals surface area contributed by atoms with E-state index in [4.69, 9.17) is 4.74 Å². The third-order valence-corrected chi connectivity index (χ3v) is 5.02. The third-order valence-electron chi connectivity index (χ3n) is 5.02. The van der Waals surface area contributed by atoms with Crippen molar-refractivity contribution in [3.05, 3.63) is 53.6 Å². The van der Waals surface area contributed by atoms with Gasteiger partial charge >= 0.3 is 6.03 Å². The third kappa shape index (κ3) is 4.22. The monoisotopic (exact) mass is 367 g/mol. The van der Waals surface area contributed by atoms with Crippen LogP contribution in [0.25, 0.3) is 0 Å². The topological polar surface area (TPSA) is 70.7 Å². The number of nitrogens with zero attached hydrogens (tertiary/aromatic N) is 1. The van der Waals surface area contributed by atoms with Crippen molar-refractivity contribution in [3.63, 3.8) is 0 Å². The fourth-order valence-corrected chi connectivity index (χ4v) is 3.25. The molecule has 0 aromatic heterocycles. The van der Waals surface area contributed by atoms with E-state index in [9.17, 15) is 9.59 Å². The van der Waals surface area contributed by atoms with Crippen molar-refractivity contribution in [2.75, 3.05) is 24.3 Å². The molecule has 1 fully saturated rings. The van der Waals surface area contributed by atoms with Gasteiger partial charge in [-0.2, -0.15) is 0 Å². The Labute approximate surface area is 159 Å². The largest absolute Gasteiger partial charge is 0.497 e. The van der Waals surface area contributed by atoms with Crippen molar-refractivity contribution < 1.29 is 14.3 Å². The van der Waals surface area contributed by atoms with Crippen molar-refractivity contribution >= 4 is 23.3 Å². The average molecular weight is 367 g/mol. The SMILES string of the molecule is COc1ccc(NC(=O)N2CCC[C@H]2C(=O)Nc2cccc(C)c2C)cc1. The smallest absolute Gasteiger partial charge is 0.322 e. The van der Waals surface area contributed by atoms with E-state index in [1.54, 1.807) is 36.3 Å². The van der Waals surface area contributed by atoms with E-state index in [-0.39, 0.29) is 11.9 Å². The number of likely N-dealkylation sites (tertiary alicyclic amines) is 1. The van der Waals surface area contributed by atoms with E-state index < -0.39 is 6.04 Å². The van der Waals surface area contributed by atoms with Gasteiger partial charge in [-0.15, -0.1) is 0 Å². The highest BCUT2D eigenvalue weighted by Gasteiger charge is 2.34. The number of carbonyl (C=O) groups excluding carboxylic acids is 2. The van der Waals surface area contributed by atoms with Crippen LogP contribution in [0.15, 0.2) is 42.5 Å².